The maximum Gasteiger partial charge on any atom is 0.318 e. The number of nitrogens with one attached hydrogen (secondary N) is 2. The number of imide groups is 1. The summed E-state index contributed by atoms with van der Waals surface area (Å²) in [5.74, 6) is -0.00866. The minimum absolute atomic E-state index is 0.0499. The summed E-state index contributed by atoms with van der Waals surface area (Å²) < 4.78 is 6.52. The molecule has 20 heavy (non-hydrogen) atoms. The summed E-state index contributed by atoms with van der Waals surface area (Å²) in [5, 5.41) is 5.09. The molecular formula is C13H18BrN3O3. The number of ether oxygens (including phenoxy) is 1. The molecule has 0 fully saturated rings. The Morgan fingerprint density at radius 2 is 2.00 bits per heavy atom. The molecule has 1 aromatic rings. The van der Waals surface area contributed by atoms with Gasteiger partial charge in [0.2, 0.25) is 0 Å². The third kappa shape index (κ3) is 4.50. The number of nitrogens with two attached hydrogens (primary N) is 1. The normalized spacial score (nSPS) is 13.4. The fourth-order valence-corrected chi connectivity index (χ4v) is 1.97. The predicted octanol–water partition coefficient (Wildman–Crippen LogP) is 1.69. The van der Waals surface area contributed by atoms with Crippen molar-refractivity contribution in [1.82, 2.24) is 10.6 Å². The molecule has 0 radical (unpaired) electrons. The van der Waals surface area contributed by atoms with Gasteiger partial charge in [-0.05, 0) is 39.1 Å². The Morgan fingerprint density at radius 1 is 1.35 bits per heavy atom. The molecule has 2 unspecified atom stereocenters. The molecule has 0 saturated heterocycles. The van der Waals surface area contributed by atoms with E-state index in [9.17, 15) is 9.59 Å². The molecular weight excluding hydrogens is 326 g/mol. The lowest BCUT2D eigenvalue weighted by Gasteiger charge is -2.20. The Kier molecular flexibility index (Phi) is 5.97. The highest BCUT2D eigenvalue weighted by atomic mass is 79.9. The molecule has 0 aliphatic rings. The van der Waals surface area contributed by atoms with Crippen LogP contribution >= 0.6 is 15.9 Å². The Balaban J connectivity index is 2.91. The zero-order valence-corrected chi connectivity index (χ0v) is 13.2. The van der Waals surface area contributed by atoms with Crippen molar-refractivity contribution in [3.05, 3.63) is 28.2 Å². The van der Waals surface area contributed by atoms with E-state index >= 15 is 0 Å². The first kappa shape index (κ1) is 16.5. The Bertz CT molecular complexity index is 508. The van der Waals surface area contributed by atoms with Crippen LogP contribution in [0, 0.1) is 0 Å². The van der Waals surface area contributed by atoms with Gasteiger partial charge in [-0.25, -0.2) is 4.79 Å². The molecule has 0 aliphatic carbocycles. The van der Waals surface area contributed by atoms with Crippen LogP contribution in [0.15, 0.2) is 22.7 Å². The van der Waals surface area contributed by atoms with Crippen LogP contribution in [0.25, 0.3) is 0 Å². The molecule has 0 saturated carbocycles. The van der Waals surface area contributed by atoms with Crippen LogP contribution < -0.4 is 21.1 Å². The first-order chi connectivity index (χ1) is 9.35. The number of hydrogen-bond donors (Lipinski definition) is 3. The summed E-state index contributed by atoms with van der Waals surface area (Å²) in [6.45, 7) is 3.52. The summed E-state index contributed by atoms with van der Waals surface area (Å²) in [4.78, 5) is 22.3. The average molecular weight is 344 g/mol. The van der Waals surface area contributed by atoms with Gasteiger partial charge in [-0.15, -0.1) is 0 Å². The second kappa shape index (κ2) is 7.25. The third-order valence-corrected chi connectivity index (χ3v) is 3.28. The summed E-state index contributed by atoms with van der Waals surface area (Å²) in [5.41, 5.74) is 5.80. The number of carbonyl (C=O) groups is 2. The fraction of sp³-hybridized carbons (Fsp3) is 0.385. The topological polar surface area (TPSA) is 93.4 Å². The molecule has 0 spiro atoms. The van der Waals surface area contributed by atoms with Crippen molar-refractivity contribution in [1.29, 1.82) is 0 Å². The van der Waals surface area contributed by atoms with E-state index < -0.39 is 18.0 Å². The van der Waals surface area contributed by atoms with Crippen LogP contribution in [-0.4, -0.2) is 25.1 Å². The number of urea groups is 1. The quantitative estimate of drug-likeness (QED) is 0.758. The van der Waals surface area contributed by atoms with Crippen LogP contribution in [0.4, 0.5) is 4.79 Å². The highest BCUT2D eigenvalue weighted by Gasteiger charge is 2.19. The first-order valence-electron chi connectivity index (χ1n) is 6.08. The second-order valence-electron chi connectivity index (χ2n) is 4.31. The lowest BCUT2D eigenvalue weighted by atomic mass is 10.1. The van der Waals surface area contributed by atoms with E-state index in [1.54, 1.807) is 13.0 Å². The molecule has 2 atom stereocenters. The summed E-state index contributed by atoms with van der Waals surface area (Å²) >= 11 is 3.40. The van der Waals surface area contributed by atoms with Gasteiger partial charge < -0.3 is 15.8 Å². The molecule has 0 bridgehead atoms. The highest BCUT2D eigenvalue weighted by Crippen LogP contribution is 2.29. The van der Waals surface area contributed by atoms with Crippen LogP contribution in [0.5, 0.6) is 5.75 Å². The minimum atomic E-state index is -0.898. The molecule has 0 aromatic heterocycles. The van der Waals surface area contributed by atoms with Crippen molar-refractivity contribution >= 4 is 27.9 Å². The minimum Gasteiger partial charge on any atom is -0.481 e. The Hall–Kier alpha value is -1.60. The van der Waals surface area contributed by atoms with E-state index in [4.69, 9.17) is 10.5 Å². The first-order valence-corrected chi connectivity index (χ1v) is 6.88. The van der Waals surface area contributed by atoms with Crippen molar-refractivity contribution in [2.75, 3.05) is 7.05 Å². The van der Waals surface area contributed by atoms with Gasteiger partial charge in [0.15, 0.2) is 6.10 Å². The Morgan fingerprint density at radius 3 is 2.55 bits per heavy atom. The summed E-state index contributed by atoms with van der Waals surface area (Å²) in [7, 11) is 1.83. The molecule has 7 heteroatoms. The average Bonchev–Trinajstić information content (AvgIpc) is 2.38. The van der Waals surface area contributed by atoms with Crippen LogP contribution in [0.3, 0.4) is 0 Å². The largest absolute Gasteiger partial charge is 0.481 e. The lowest BCUT2D eigenvalue weighted by Crippen LogP contribution is -2.42. The molecule has 0 heterocycles. The SMILES string of the molecule is CNC(C)c1cc(Br)ccc1OC(C)C(=O)NC(N)=O. The van der Waals surface area contributed by atoms with Crippen LogP contribution in [0.1, 0.15) is 25.5 Å². The van der Waals surface area contributed by atoms with Crippen molar-refractivity contribution < 1.29 is 14.3 Å². The van der Waals surface area contributed by atoms with Crippen LogP contribution in [-0.2, 0) is 4.79 Å². The highest BCUT2D eigenvalue weighted by molar-refractivity contribution is 9.10. The van der Waals surface area contributed by atoms with Gasteiger partial charge in [0.05, 0.1) is 0 Å². The van der Waals surface area contributed by atoms with Crippen LogP contribution in [0.2, 0.25) is 0 Å². The maximum atomic E-state index is 11.6. The van der Waals surface area contributed by atoms with Gasteiger partial charge in [0, 0.05) is 16.1 Å². The van der Waals surface area contributed by atoms with Gasteiger partial charge >= 0.3 is 6.03 Å². The standard InChI is InChI=1S/C13H18BrN3O3/c1-7(16-3)10-6-9(14)4-5-11(10)20-8(2)12(18)17-13(15)19/h4-8,16H,1-3H3,(H3,15,17,18,19). The van der Waals surface area contributed by atoms with Crippen molar-refractivity contribution in [3.63, 3.8) is 0 Å². The van der Waals surface area contributed by atoms with Crippen molar-refractivity contribution in [3.8, 4) is 5.75 Å². The van der Waals surface area contributed by atoms with E-state index in [-0.39, 0.29) is 6.04 Å². The van der Waals surface area contributed by atoms with E-state index in [0.717, 1.165) is 10.0 Å². The van der Waals surface area contributed by atoms with E-state index in [1.807, 2.05) is 31.4 Å². The van der Waals surface area contributed by atoms with Gasteiger partial charge in [-0.1, -0.05) is 15.9 Å². The van der Waals surface area contributed by atoms with Gasteiger partial charge in [-0.2, -0.15) is 0 Å². The van der Waals surface area contributed by atoms with Crippen molar-refractivity contribution in [2.24, 2.45) is 5.73 Å². The second-order valence-corrected chi connectivity index (χ2v) is 5.22. The van der Waals surface area contributed by atoms with Gasteiger partial charge in [0.25, 0.3) is 5.91 Å². The Labute approximate surface area is 126 Å². The monoisotopic (exact) mass is 343 g/mol. The zero-order chi connectivity index (χ0) is 15.3. The molecule has 0 aliphatic heterocycles. The number of hydrogen-bond acceptors (Lipinski definition) is 4. The zero-order valence-electron chi connectivity index (χ0n) is 11.6. The molecule has 6 nitrogen and oxygen atoms in total. The molecule has 1 aromatic carbocycles. The number of benzene rings is 1. The predicted molar refractivity (Wildman–Crippen MR) is 79.4 cm³/mol. The third-order valence-electron chi connectivity index (χ3n) is 2.79. The van der Waals surface area contributed by atoms with Crippen molar-refractivity contribution in [2.45, 2.75) is 26.0 Å². The molecule has 3 amide bonds. The molecule has 1 rings (SSSR count). The smallest absolute Gasteiger partial charge is 0.318 e. The fourth-order valence-electron chi connectivity index (χ4n) is 1.59. The molecule has 4 N–H and O–H groups in total. The van der Waals surface area contributed by atoms with E-state index in [0.29, 0.717) is 5.75 Å². The number of amides is 3. The summed E-state index contributed by atoms with van der Waals surface area (Å²) in [6, 6.07) is 4.65. The van der Waals surface area contributed by atoms with Gasteiger partial charge in [0.1, 0.15) is 5.75 Å². The van der Waals surface area contributed by atoms with Gasteiger partial charge in [-0.3, -0.25) is 10.1 Å². The lowest BCUT2D eigenvalue weighted by molar-refractivity contribution is -0.126. The number of primary amides is 1. The van der Waals surface area contributed by atoms with E-state index in [2.05, 4.69) is 21.2 Å². The number of carbonyl (C=O) groups excluding carboxylic acids is 2. The molecule has 110 valence electrons. The number of rotatable bonds is 5. The number of halogens is 1. The summed E-state index contributed by atoms with van der Waals surface area (Å²) in [6.07, 6.45) is -0.827. The maximum absolute atomic E-state index is 11.6. The van der Waals surface area contributed by atoms with E-state index in [1.165, 1.54) is 0 Å².